The van der Waals surface area contributed by atoms with E-state index < -0.39 is 47.5 Å². The van der Waals surface area contributed by atoms with Crippen molar-refractivity contribution in [1.82, 2.24) is 15.3 Å². The van der Waals surface area contributed by atoms with Crippen LogP contribution in [0.1, 0.15) is 47.1 Å². The van der Waals surface area contributed by atoms with Gasteiger partial charge in [-0.15, -0.1) is 0 Å². The van der Waals surface area contributed by atoms with Gasteiger partial charge >= 0.3 is 18.2 Å². The smallest absolute Gasteiger partial charge is 0.415 e. The first-order valence-electron chi connectivity index (χ1n) is 15.1. The van der Waals surface area contributed by atoms with Gasteiger partial charge in [-0.05, 0) is 71.5 Å². The Morgan fingerprint density at radius 2 is 1.70 bits per heavy atom. The number of carbonyl (C=O) groups excluding carboxylic acids is 3. The van der Waals surface area contributed by atoms with Gasteiger partial charge in [0.15, 0.2) is 5.82 Å². The Morgan fingerprint density at radius 1 is 0.979 bits per heavy atom. The fourth-order valence-corrected chi connectivity index (χ4v) is 5.15. The molecule has 4 amide bonds. The molecule has 13 nitrogen and oxygen atoms in total. The van der Waals surface area contributed by atoms with E-state index in [4.69, 9.17) is 18.9 Å². The zero-order chi connectivity index (χ0) is 34.3. The van der Waals surface area contributed by atoms with E-state index in [1.165, 1.54) is 29.4 Å². The zero-order valence-corrected chi connectivity index (χ0v) is 27.2. The van der Waals surface area contributed by atoms with E-state index in [9.17, 15) is 18.8 Å². The Bertz CT molecular complexity index is 1720. The summed E-state index contributed by atoms with van der Waals surface area (Å²) in [5.41, 5.74) is -0.755. The monoisotopic (exact) mass is 656 g/mol. The minimum atomic E-state index is -1.34. The van der Waals surface area contributed by atoms with Crippen molar-refractivity contribution in [3.8, 4) is 17.0 Å². The summed E-state index contributed by atoms with van der Waals surface area (Å²) < 4.78 is 52.3. The Labute approximate surface area is 270 Å². The van der Waals surface area contributed by atoms with E-state index in [2.05, 4.69) is 25.9 Å². The number of nitrogens with one attached hydrogen (secondary N) is 3. The number of anilines is 3. The normalized spacial score (nSPS) is 17.9. The predicted octanol–water partition coefficient (Wildman–Crippen LogP) is 6.08. The molecule has 1 fully saturated rings. The maximum atomic E-state index is 16.6. The first-order valence-corrected chi connectivity index (χ1v) is 15.1. The summed E-state index contributed by atoms with van der Waals surface area (Å²) >= 11 is 0. The van der Waals surface area contributed by atoms with Crippen LogP contribution >= 0.6 is 0 Å². The average Bonchev–Trinajstić information content (AvgIpc) is 3.36. The Balaban J connectivity index is 1.59. The Kier molecular flexibility index (Phi) is 9.13. The van der Waals surface area contributed by atoms with E-state index in [0.717, 1.165) is 0 Å². The Hall–Kier alpha value is -4.79. The quantitative estimate of drug-likeness (QED) is 0.303. The van der Waals surface area contributed by atoms with Crippen LogP contribution in [0.3, 0.4) is 0 Å². The number of pyridine rings is 2. The number of carbonyl (C=O) groups is 3. The first kappa shape index (κ1) is 33.6. The summed E-state index contributed by atoms with van der Waals surface area (Å²) in [7, 11) is 0. The van der Waals surface area contributed by atoms with Crippen molar-refractivity contribution in [3.05, 3.63) is 35.9 Å². The summed E-state index contributed by atoms with van der Waals surface area (Å²) in [4.78, 5) is 48.6. The summed E-state index contributed by atoms with van der Waals surface area (Å²) in [6, 6.07) is 1.47. The van der Waals surface area contributed by atoms with E-state index in [-0.39, 0.29) is 54.7 Å². The van der Waals surface area contributed by atoms with Crippen molar-refractivity contribution in [1.29, 1.82) is 0 Å². The zero-order valence-electron chi connectivity index (χ0n) is 27.2. The van der Waals surface area contributed by atoms with Crippen LogP contribution in [0.25, 0.3) is 21.9 Å². The second-order valence-corrected chi connectivity index (χ2v) is 13.2. The molecular formula is C32H38F2N6O7. The molecule has 0 aliphatic carbocycles. The molecule has 3 aromatic rings. The molecule has 47 heavy (non-hydrogen) atoms. The lowest BCUT2D eigenvalue weighted by Gasteiger charge is -2.32. The minimum absolute atomic E-state index is 0.0241. The lowest BCUT2D eigenvalue weighted by Crippen LogP contribution is -2.43. The number of aromatic nitrogens is 2. The number of amides is 4. The highest BCUT2D eigenvalue weighted by Gasteiger charge is 2.33. The molecular weight excluding hydrogens is 618 g/mol. The van der Waals surface area contributed by atoms with Crippen molar-refractivity contribution in [2.24, 2.45) is 0 Å². The van der Waals surface area contributed by atoms with Gasteiger partial charge in [0.25, 0.3) is 0 Å². The van der Waals surface area contributed by atoms with E-state index in [0.29, 0.717) is 22.2 Å². The maximum Gasteiger partial charge on any atom is 0.415 e. The number of urea groups is 1. The Morgan fingerprint density at radius 3 is 2.36 bits per heavy atom. The van der Waals surface area contributed by atoms with Gasteiger partial charge in [0.2, 0.25) is 5.88 Å². The number of ether oxygens (including phenoxy) is 4. The van der Waals surface area contributed by atoms with Crippen molar-refractivity contribution in [3.63, 3.8) is 0 Å². The van der Waals surface area contributed by atoms with Gasteiger partial charge in [0, 0.05) is 28.9 Å². The van der Waals surface area contributed by atoms with Crippen LogP contribution in [0.15, 0.2) is 24.5 Å². The molecule has 1 aromatic carbocycles. The average molecular weight is 657 g/mol. The molecule has 0 radical (unpaired) electrons. The van der Waals surface area contributed by atoms with E-state index in [1.807, 2.05) is 0 Å². The predicted molar refractivity (Wildman–Crippen MR) is 170 cm³/mol. The lowest BCUT2D eigenvalue weighted by molar-refractivity contribution is 0.0564. The van der Waals surface area contributed by atoms with Gasteiger partial charge in [-0.25, -0.2) is 33.1 Å². The standard InChI is InChI=1S/C32H38F2N6O7/c1-16-19(12-36-27-26(16)40(8-9-45-27)30(43)47-32(5,6)7)18-10-17-11-23(38-28(41)37-22-15-44-14-21(22)33)35-13-20(17)25(24(18)34)39-29(42)46-31(2,3)4/h10-13,21-22H,8-9,14-15H2,1-7H3,(H,39,42)(H2,35,37,38,41). The van der Waals surface area contributed by atoms with E-state index >= 15 is 4.39 Å². The van der Waals surface area contributed by atoms with Crippen LogP contribution in [-0.4, -0.2) is 78.0 Å². The maximum absolute atomic E-state index is 16.6. The summed E-state index contributed by atoms with van der Waals surface area (Å²) in [6.45, 7) is 12.2. The summed E-state index contributed by atoms with van der Waals surface area (Å²) in [5, 5.41) is 8.16. The highest BCUT2D eigenvalue weighted by atomic mass is 19.1. The molecule has 4 heterocycles. The molecule has 2 aromatic heterocycles. The second-order valence-electron chi connectivity index (χ2n) is 13.2. The van der Waals surface area contributed by atoms with Crippen LogP contribution in [-0.2, 0) is 14.2 Å². The van der Waals surface area contributed by atoms with Gasteiger partial charge in [-0.2, -0.15) is 0 Å². The third-order valence-electron chi connectivity index (χ3n) is 7.16. The summed E-state index contributed by atoms with van der Waals surface area (Å²) in [6.07, 6.45) is -0.155. The van der Waals surface area contributed by atoms with Gasteiger partial charge in [-0.1, -0.05) is 0 Å². The lowest BCUT2D eigenvalue weighted by atomic mass is 9.96. The molecule has 0 bridgehead atoms. The molecule has 1 saturated heterocycles. The number of rotatable bonds is 4. The highest BCUT2D eigenvalue weighted by Crippen LogP contribution is 2.42. The van der Waals surface area contributed by atoms with Crippen LogP contribution in [0.5, 0.6) is 5.88 Å². The molecule has 5 rings (SSSR count). The fraction of sp³-hybridized carbons (Fsp3) is 0.469. The number of nitrogens with zero attached hydrogens (tertiary/aromatic N) is 3. The molecule has 15 heteroatoms. The van der Waals surface area contributed by atoms with Crippen molar-refractivity contribution in [2.45, 2.75) is 71.9 Å². The SMILES string of the molecule is Cc1c(-c2cc3cc(NC(=O)NC4COCC4F)ncc3c(NC(=O)OC(C)(C)C)c2F)cnc2c1N(C(=O)OC(C)(C)C)CCO2. The van der Waals surface area contributed by atoms with Crippen LogP contribution in [0.2, 0.25) is 0 Å². The van der Waals surface area contributed by atoms with Crippen LogP contribution in [0, 0.1) is 12.7 Å². The molecule has 0 spiro atoms. The first-order chi connectivity index (χ1) is 22.0. The van der Waals surface area contributed by atoms with Gasteiger partial charge in [0.1, 0.15) is 35.5 Å². The number of hydrogen-bond acceptors (Lipinski definition) is 9. The topological polar surface area (TPSA) is 153 Å². The number of benzene rings is 1. The van der Waals surface area contributed by atoms with Crippen molar-refractivity contribution >= 4 is 46.2 Å². The van der Waals surface area contributed by atoms with Gasteiger partial charge in [0.05, 0.1) is 31.5 Å². The van der Waals surface area contributed by atoms with Crippen LogP contribution < -0.4 is 25.6 Å². The number of alkyl halides is 1. The molecule has 3 N–H and O–H groups in total. The molecule has 2 aliphatic rings. The number of halogens is 2. The third-order valence-corrected chi connectivity index (χ3v) is 7.16. The van der Waals surface area contributed by atoms with Crippen molar-refractivity contribution in [2.75, 3.05) is 41.9 Å². The minimum Gasteiger partial charge on any atom is -0.474 e. The molecule has 0 saturated carbocycles. The number of fused-ring (bicyclic) bond motifs is 2. The number of hydrogen-bond donors (Lipinski definition) is 3. The second kappa shape index (κ2) is 12.8. The highest BCUT2D eigenvalue weighted by molar-refractivity contribution is 6.05. The molecule has 2 aliphatic heterocycles. The van der Waals surface area contributed by atoms with Crippen LogP contribution in [0.4, 0.5) is 40.4 Å². The largest absolute Gasteiger partial charge is 0.474 e. The summed E-state index contributed by atoms with van der Waals surface area (Å²) in [5.74, 6) is -0.555. The fourth-order valence-electron chi connectivity index (χ4n) is 5.15. The van der Waals surface area contributed by atoms with Gasteiger partial charge in [-0.3, -0.25) is 15.5 Å². The van der Waals surface area contributed by atoms with Crippen molar-refractivity contribution < 1.29 is 42.1 Å². The van der Waals surface area contributed by atoms with Gasteiger partial charge < -0.3 is 24.3 Å². The molecule has 252 valence electrons. The molecule has 2 atom stereocenters. The third kappa shape index (κ3) is 7.62. The molecule has 2 unspecified atom stereocenters. The van der Waals surface area contributed by atoms with E-state index in [1.54, 1.807) is 48.5 Å².